The molecular formula is C13H11Br2FN2O2S. The highest BCUT2D eigenvalue weighted by Gasteiger charge is 2.19. The Hall–Kier alpha value is -1.12. The number of nitrogens with one attached hydrogen (secondary N) is 1. The van der Waals surface area contributed by atoms with Crippen molar-refractivity contribution in [2.45, 2.75) is 11.8 Å². The third-order valence-electron chi connectivity index (χ3n) is 2.76. The van der Waals surface area contributed by atoms with E-state index in [-0.39, 0.29) is 9.37 Å². The van der Waals surface area contributed by atoms with Crippen LogP contribution < -0.4 is 10.5 Å². The van der Waals surface area contributed by atoms with Gasteiger partial charge in [-0.05, 0) is 74.7 Å². The van der Waals surface area contributed by atoms with Gasteiger partial charge in [0, 0.05) is 10.2 Å². The number of sulfonamides is 1. The van der Waals surface area contributed by atoms with Crippen LogP contribution in [-0.4, -0.2) is 8.42 Å². The Morgan fingerprint density at radius 2 is 1.81 bits per heavy atom. The lowest BCUT2D eigenvalue weighted by atomic mass is 10.2. The number of nitrogen functional groups attached to an aromatic ring is 1. The fourth-order valence-electron chi connectivity index (χ4n) is 1.69. The van der Waals surface area contributed by atoms with Gasteiger partial charge in [-0.25, -0.2) is 12.8 Å². The molecule has 0 aliphatic heterocycles. The fraction of sp³-hybridized carbons (Fsp3) is 0.0769. The molecule has 0 aliphatic rings. The monoisotopic (exact) mass is 436 g/mol. The molecule has 112 valence electrons. The molecule has 0 spiro atoms. The smallest absolute Gasteiger partial charge is 0.263 e. The summed E-state index contributed by atoms with van der Waals surface area (Å²) in [6.07, 6.45) is 0. The quantitative estimate of drug-likeness (QED) is 0.711. The molecule has 0 saturated heterocycles. The Kier molecular flexibility index (Phi) is 4.60. The average Bonchev–Trinajstić information content (AvgIpc) is 2.35. The predicted octanol–water partition coefficient (Wildman–Crippen LogP) is 4.04. The van der Waals surface area contributed by atoms with E-state index in [4.69, 9.17) is 5.73 Å². The molecule has 2 rings (SSSR count). The van der Waals surface area contributed by atoms with Crippen molar-refractivity contribution >= 4 is 53.3 Å². The highest BCUT2D eigenvalue weighted by Crippen LogP contribution is 2.29. The Balaban J connectivity index is 2.45. The van der Waals surface area contributed by atoms with Crippen LogP contribution in [0.15, 0.2) is 44.2 Å². The minimum absolute atomic E-state index is 0.0524. The maximum atomic E-state index is 13.4. The van der Waals surface area contributed by atoms with Crippen molar-refractivity contribution in [3.63, 3.8) is 0 Å². The molecule has 0 fully saturated rings. The van der Waals surface area contributed by atoms with Crippen molar-refractivity contribution in [2.24, 2.45) is 0 Å². The lowest BCUT2D eigenvalue weighted by molar-refractivity contribution is 0.600. The van der Waals surface area contributed by atoms with Crippen molar-refractivity contribution in [3.8, 4) is 0 Å². The minimum atomic E-state index is -3.81. The maximum absolute atomic E-state index is 13.4. The number of nitrogens with two attached hydrogens (primary N) is 1. The van der Waals surface area contributed by atoms with Crippen molar-refractivity contribution in [1.82, 2.24) is 0 Å². The van der Waals surface area contributed by atoms with Crippen molar-refractivity contribution in [2.75, 3.05) is 10.5 Å². The molecule has 0 unspecified atom stereocenters. The van der Waals surface area contributed by atoms with E-state index in [1.807, 2.05) is 0 Å². The molecule has 0 amide bonds. The number of halogens is 3. The summed E-state index contributed by atoms with van der Waals surface area (Å²) < 4.78 is 41.1. The molecule has 21 heavy (non-hydrogen) atoms. The van der Waals surface area contributed by atoms with Gasteiger partial charge in [0.05, 0.1) is 10.2 Å². The topological polar surface area (TPSA) is 72.2 Å². The second-order valence-electron chi connectivity index (χ2n) is 4.38. The van der Waals surface area contributed by atoms with E-state index in [2.05, 4.69) is 36.6 Å². The summed E-state index contributed by atoms with van der Waals surface area (Å²) in [4.78, 5) is 0.0524. The number of hydrogen-bond acceptors (Lipinski definition) is 3. The van der Waals surface area contributed by atoms with E-state index < -0.39 is 15.8 Å². The van der Waals surface area contributed by atoms with E-state index in [9.17, 15) is 12.8 Å². The van der Waals surface area contributed by atoms with E-state index in [1.165, 1.54) is 30.3 Å². The van der Waals surface area contributed by atoms with Crippen LogP contribution in [0.3, 0.4) is 0 Å². The summed E-state index contributed by atoms with van der Waals surface area (Å²) in [7, 11) is -3.81. The van der Waals surface area contributed by atoms with Gasteiger partial charge < -0.3 is 5.73 Å². The molecule has 2 aromatic rings. The molecule has 0 heterocycles. The Bertz CT molecular complexity index is 810. The molecule has 0 atom stereocenters. The van der Waals surface area contributed by atoms with Gasteiger partial charge in [0.15, 0.2) is 0 Å². The highest BCUT2D eigenvalue weighted by molar-refractivity contribution is 9.10. The largest absolute Gasteiger partial charge is 0.399 e. The molecule has 8 heteroatoms. The van der Waals surface area contributed by atoms with Gasteiger partial charge in [0.1, 0.15) is 10.7 Å². The average molecular weight is 438 g/mol. The normalized spacial score (nSPS) is 11.4. The van der Waals surface area contributed by atoms with E-state index in [0.717, 1.165) is 0 Å². The standard InChI is InChI=1S/C13H11Br2FN2O2S/c1-7-4-11(16)9(14)6-12(7)18-21(19,20)13-3-2-8(17)5-10(13)15/h2-6,18H,17H2,1H3. The van der Waals surface area contributed by atoms with Crippen LogP contribution in [0.4, 0.5) is 15.8 Å². The molecule has 0 bridgehead atoms. The zero-order valence-electron chi connectivity index (χ0n) is 10.8. The first-order valence-electron chi connectivity index (χ1n) is 5.74. The van der Waals surface area contributed by atoms with Crippen LogP contribution in [0, 0.1) is 12.7 Å². The number of hydrogen-bond donors (Lipinski definition) is 2. The molecule has 0 aliphatic carbocycles. The maximum Gasteiger partial charge on any atom is 0.263 e. The van der Waals surface area contributed by atoms with Gasteiger partial charge in [-0.2, -0.15) is 0 Å². The van der Waals surface area contributed by atoms with Crippen LogP contribution >= 0.6 is 31.9 Å². The van der Waals surface area contributed by atoms with E-state index in [0.29, 0.717) is 21.4 Å². The summed E-state index contributed by atoms with van der Waals surface area (Å²) >= 11 is 6.20. The first-order valence-corrected chi connectivity index (χ1v) is 8.81. The first-order chi connectivity index (χ1) is 9.70. The summed E-state index contributed by atoms with van der Waals surface area (Å²) in [6, 6.07) is 7.03. The van der Waals surface area contributed by atoms with Gasteiger partial charge >= 0.3 is 0 Å². The molecule has 0 radical (unpaired) electrons. The van der Waals surface area contributed by atoms with Crippen LogP contribution in [0.5, 0.6) is 0 Å². The molecule has 0 aromatic heterocycles. The summed E-state index contributed by atoms with van der Waals surface area (Å²) in [5.74, 6) is -0.455. The third kappa shape index (κ3) is 3.56. The van der Waals surface area contributed by atoms with Gasteiger partial charge in [0.25, 0.3) is 10.0 Å². The number of benzene rings is 2. The summed E-state index contributed by atoms with van der Waals surface area (Å²) in [6.45, 7) is 1.62. The van der Waals surface area contributed by atoms with Crippen molar-refractivity contribution < 1.29 is 12.8 Å². The second-order valence-corrected chi connectivity index (χ2v) is 7.74. The predicted molar refractivity (Wildman–Crippen MR) is 88.2 cm³/mol. The third-order valence-corrected chi connectivity index (χ3v) is 5.71. The molecule has 2 aromatic carbocycles. The van der Waals surface area contributed by atoms with Crippen molar-refractivity contribution in [1.29, 1.82) is 0 Å². The zero-order valence-corrected chi connectivity index (χ0v) is 14.8. The Labute approximate surface area is 138 Å². The molecule has 0 saturated carbocycles. The lowest BCUT2D eigenvalue weighted by Gasteiger charge is -2.13. The zero-order chi connectivity index (χ0) is 15.8. The second kappa shape index (κ2) is 5.94. The van der Waals surface area contributed by atoms with Gasteiger partial charge in [0.2, 0.25) is 0 Å². The lowest BCUT2D eigenvalue weighted by Crippen LogP contribution is -2.14. The summed E-state index contributed by atoms with van der Waals surface area (Å²) in [5, 5.41) is 0. The molecule has 4 nitrogen and oxygen atoms in total. The number of aryl methyl sites for hydroxylation is 1. The van der Waals surface area contributed by atoms with Gasteiger partial charge in [-0.3, -0.25) is 4.72 Å². The van der Waals surface area contributed by atoms with Crippen LogP contribution in [0.25, 0.3) is 0 Å². The Morgan fingerprint density at radius 3 is 2.43 bits per heavy atom. The number of rotatable bonds is 3. The fourth-order valence-corrected chi connectivity index (χ4v) is 4.25. The van der Waals surface area contributed by atoms with Crippen LogP contribution in [-0.2, 0) is 10.0 Å². The SMILES string of the molecule is Cc1cc(F)c(Br)cc1NS(=O)(=O)c1ccc(N)cc1Br. The van der Waals surface area contributed by atoms with Crippen LogP contribution in [0.2, 0.25) is 0 Å². The van der Waals surface area contributed by atoms with E-state index >= 15 is 0 Å². The van der Waals surface area contributed by atoms with Gasteiger partial charge in [-0.1, -0.05) is 0 Å². The molecular weight excluding hydrogens is 427 g/mol. The Morgan fingerprint density at radius 1 is 1.14 bits per heavy atom. The highest BCUT2D eigenvalue weighted by atomic mass is 79.9. The van der Waals surface area contributed by atoms with Crippen molar-refractivity contribution in [3.05, 3.63) is 50.7 Å². The summed E-state index contributed by atoms with van der Waals surface area (Å²) in [5.41, 5.74) is 6.81. The van der Waals surface area contributed by atoms with Gasteiger partial charge in [-0.15, -0.1) is 0 Å². The number of anilines is 2. The molecule has 3 N–H and O–H groups in total. The van der Waals surface area contributed by atoms with Crippen LogP contribution in [0.1, 0.15) is 5.56 Å². The first kappa shape index (κ1) is 16.3. The minimum Gasteiger partial charge on any atom is -0.399 e. The van der Waals surface area contributed by atoms with E-state index in [1.54, 1.807) is 6.92 Å².